The van der Waals surface area contributed by atoms with Crippen molar-refractivity contribution in [3.05, 3.63) is 36.1 Å². The molecule has 2 aromatic rings. The smallest absolute Gasteiger partial charge is 0.191 e. The van der Waals surface area contributed by atoms with E-state index < -0.39 is 0 Å². The van der Waals surface area contributed by atoms with Crippen LogP contribution in [0.2, 0.25) is 0 Å². The van der Waals surface area contributed by atoms with E-state index in [-0.39, 0.29) is 30.1 Å². The molecule has 0 bridgehead atoms. The molecule has 24 heavy (non-hydrogen) atoms. The van der Waals surface area contributed by atoms with Crippen LogP contribution < -0.4 is 10.6 Å². The van der Waals surface area contributed by atoms with Gasteiger partial charge in [0.2, 0.25) is 0 Å². The highest BCUT2D eigenvalue weighted by atomic mass is 127. The molecule has 1 aliphatic rings. The van der Waals surface area contributed by atoms with Gasteiger partial charge < -0.3 is 19.8 Å². The average molecular weight is 443 g/mol. The van der Waals surface area contributed by atoms with Crippen LogP contribution in [0.4, 0.5) is 0 Å². The van der Waals surface area contributed by atoms with Crippen molar-refractivity contribution in [3.8, 4) is 0 Å². The zero-order chi connectivity index (χ0) is 15.9. The van der Waals surface area contributed by atoms with Gasteiger partial charge in [-0.1, -0.05) is 18.2 Å². The fourth-order valence-electron chi connectivity index (χ4n) is 2.79. The topological polar surface area (TPSA) is 58.8 Å². The summed E-state index contributed by atoms with van der Waals surface area (Å²) in [6.07, 6.45) is 3.37. The number of nitrogens with one attached hydrogen (secondary N) is 2. The lowest BCUT2D eigenvalue weighted by atomic mass is 10.2. The van der Waals surface area contributed by atoms with Crippen molar-refractivity contribution in [1.29, 1.82) is 0 Å². The first-order chi connectivity index (χ1) is 11.3. The quantitative estimate of drug-likeness (QED) is 0.409. The van der Waals surface area contributed by atoms with Gasteiger partial charge in [0.15, 0.2) is 5.96 Å². The van der Waals surface area contributed by atoms with E-state index in [0.29, 0.717) is 0 Å². The number of rotatable bonds is 6. The number of hydrogen-bond acceptors (Lipinski definition) is 3. The molecule has 2 N–H and O–H groups in total. The van der Waals surface area contributed by atoms with E-state index in [2.05, 4.69) is 34.7 Å². The van der Waals surface area contributed by atoms with Crippen molar-refractivity contribution in [3.63, 3.8) is 0 Å². The molecule has 3 rings (SSSR count). The van der Waals surface area contributed by atoms with Crippen LogP contribution in [0, 0.1) is 0 Å². The number of nitrogens with zero attached hydrogens (tertiary/aromatic N) is 1. The number of ether oxygens (including phenoxy) is 1. The first-order valence-corrected chi connectivity index (χ1v) is 8.46. The van der Waals surface area contributed by atoms with Crippen LogP contribution in [0.1, 0.15) is 25.5 Å². The normalized spacial score (nSPS) is 17.7. The van der Waals surface area contributed by atoms with Crippen molar-refractivity contribution in [1.82, 2.24) is 10.6 Å². The Morgan fingerprint density at radius 2 is 2.17 bits per heavy atom. The number of halogens is 1. The fraction of sp³-hybridized carbons (Fsp3) is 0.500. The molecule has 1 aromatic carbocycles. The van der Waals surface area contributed by atoms with Crippen LogP contribution in [0.5, 0.6) is 0 Å². The van der Waals surface area contributed by atoms with Gasteiger partial charge in [0.25, 0.3) is 0 Å². The maximum absolute atomic E-state index is 5.83. The average Bonchev–Trinajstić information content (AvgIpc) is 3.21. The van der Waals surface area contributed by atoms with E-state index in [9.17, 15) is 0 Å². The Kier molecular flexibility index (Phi) is 7.84. The van der Waals surface area contributed by atoms with E-state index in [0.717, 1.165) is 68.2 Å². The van der Waals surface area contributed by atoms with Crippen molar-refractivity contribution in [2.24, 2.45) is 4.99 Å². The van der Waals surface area contributed by atoms with E-state index in [1.165, 1.54) is 0 Å². The fourth-order valence-corrected chi connectivity index (χ4v) is 2.79. The molecule has 0 amide bonds. The Morgan fingerprint density at radius 3 is 2.92 bits per heavy atom. The maximum atomic E-state index is 5.83. The van der Waals surface area contributed by atoms with Crippen LogP contribution in [-0.2, 0) is 11.2 Å². The third-order valence-corrected chi connectivity index (χ3v) is 3.96. The number of hydrogen-bond donors (Lipinski definition) is 2. The molecule has 1 fully saturated rings. The molecule has 1 aromatic heterocycles. The Hall–Kier alpha value is -1.28. The Balaban J connectivity index is 0.00000208. The summed E-state index contributed by atoms with van der Waals surface area (Å²) in [5.74, 6) is 1.84. The molecule has 5 nitrogen and oxygen atoms in total. The van der Waals surface area contributed by atoms with Crippen LogP contribution >= 0.6 is 24.0 Å². The van der Waals surface area contributed by atoms with E-state index in [1.807, 2.05) is 18.2 Å². The predicted octanol–water partition coefficient (Wildman–Crippen LogP) is 3.33. The minimum Gasteiger partial charge on any atom is -0.461 e. The van der Waals surface area contributed by atoms with Gasteiger partial charge in [-0.2, -0.15) is 0 Å². The van der Waals surface area contributed by atoms with Crippen molar-refractivity contribution < 1.29 is 9.15 Å². The highest BCUT2D eigenvalue weighted by molar-refractivity contribution is 14.0. The molecule has 2 heterocycles. The minimum atomic E-state index is 0. The van der Waals surface area contributed by atoms with Crippen molar-refractivity contribution >= 4 is 40.9 Å². The summed E-state index contributed by atoms with van der Waals surface area (Å²) in [6, 6.07) is 10.2. The molecule has 1 saturated heterocycles. The second-order valence-electron chi connectivity index (χ2n) is 5.78. The summed E-state index contributed by atoms with van der Waals surface area (Å²) in [4.78, 5) is 4.61. The summed E-state index contributed by atoms with van der Waals surface area (Å²) in [5.41, 5.74) is 0.946. The monoisotopic (exact) mass is 443 g/mol. The largest absolute Gasteiger partial charge is 0.461 e. The van der Waals surface area contributed by atoms with Gasteiger partial charge in [0, 0.05) is 31.5 Å². The molecule has 0 spiro atoms. The zero-order valence-corrected chi connectivity index (χ0v) is 16.4. The third-order valence-electron chi connectivity index (χ3n) is 3.96. The molecule has 0 saturated carbocycles. The molecule has 132 valence electrons. The number of fused-ring (bicyclic) bond motifs is 1. The van der Waals surface area contributed by atoms with Crippen molar-refractivity contribution in [2.75, 3.05) is 26.2 Å². The molecule has 0 radical (unpaired) electrons. The van der Waals surface area contributed by atoms with Crippen LogP contribution in [0.25, 0.3) is 11.0 Å². The summed E-state index contributed by atoms with van der Waals surface area (Å²) in [7, 11) is 0. The first-order valence-electron chi connectivity index (χ1n) is 8.46. The number of guanidine groups is 1. The SMILES string of the molecule is CCNC(=NCC1CCCO1)NCCc1cc2ccccc2o1.I. The lowest BCUT2D eigenvalue weighted by Crippen LogP contribution is -2.38. The lowest BCUT2D eigenvalue weighted by Gasteiger charge is -2.12. The molecule has 1 aliphatic heterocycles. The zero-order valence-electron chi connectivity index (χ0n) is 14.1. The van der Waals surface area contributed by atoms with Gasteiger partial charge in [0.05, 0.1) is 12.6 Å². The summed E-state index contributed by atoms with van der Waals surface area (Å²) in [5, 5.41) is 7.79. The number of furan rings is 1. The minimum absolute atomic E-state index is 0. The highest BCUT2D eigenvalue weighted by Crippen LogP contribution is 2.18. The molecule has 0 aliphatic carbocycles. The number of aliphatic imine (C=N–C) groups is 1. The van der Waals surface area contributed by atoms with Gasteiger partial charge >= 0.3 is 0 Å². The second-order valence-corrected chi connectivity index (χ2v) is 5.78. The summed E-state index contributed by atoms with van der Waals surface area (Å²) in [6.45, 7) is 5.30. The van der Waals surface area contributed by atoms with E-state index in [1.54, 1.807) is 0 Å². The molecule has 1 atom stereocenters. The molecular formula is C18H26IN3O2. The van der Waals surface area contributed by atoms with E-state index >= 15 is 0 Å². The van der Waals surface area contributed by atoms with Gasteiger partial charge in [-0.05, 0) is 31.9 Å². The maximum Gasteiger partial charge on any atom is 0.191 e. The standard InChI is InChI=1S/C18H25N3O2.HI/c1-2-19-18(21-13-16-7-5-11-22-16)20-10-9-15-12-14-6-3-4-8-17(14)23-15;/h3-4,6,8,12,16H,2,5,7,9-11,13H2,1H3,(H2,19,20,21);1H. The van der Waals surface area contributed by atoms with E-state index in [4.69, 9.17) is 9.15 Å². The molecule has 6 heteroatoms. The van der Waals surface area contributed by atoms with Gasteiger partial charge in [-0.25, -0.2) is 0 Å². The molecular weight excluding hydrogens is 417 g/mol. The van der Waals surface area contributed by atoms with Gasteiger partial charge in [-0.15, -0.1) is 24.0 Å². The van der Waals surface area contributed by atoms with Gasteiger partial charge in [-0.3, -0.25) is 4.99 Å². The summed E-state index contributed by atoms with van der Waals surface area (Å²) < 4.78 is 11.4. The predicted molar refractivity (Wildman–Crippen MR) is 108 cm³/mol. The van der Waals surface area contributed by atoms with Crippen LogP contribution in [0.15, 0.2) is 39.7 Å². The highest BCUT2D eigenvalue weighted by Gasteiger charge is 2.14. The Morgan fingerprint density at radius 1 is 1.29 bits per heavy atom. The van der Waals surface area contributed by atoms with Crippen LogP contribution in [0.3, 0.4) is 0 Å². The number of para-hydroxylation sites is 1. The second kappa shape index (κ2) is 9.88. The molecule has 1 unspecified atom stereocenters. The first kappa shape index (κ1) is 19.1. The van der Waals surface area contributed by atoms with Crippen molar-refractivity contribution in [2.45, 2.75) is 32.3 Å². The number of benzene rings is 1. The Labute approximate surface area is 160 Å². The van der Waals surface area contributed by atoms with Gasteiger partial charge in [0.1, 0.15) is 11.3 Å². The summed E-state index contributed by atoms with van der Waals surface area (Å²) >= 11 is 0. The lowest BCUT2D eigenvalue weighted by molar-refractivity contribution is 0.117. The Bertz CT molecular complexity index is 618. The van der Waals surface area contributed by atoms with Crippen LogP contribution in [-0.4, -0.2) is 38.3 Å². The third kappa shape index (κ3) is 5.37.